The van der Waals surface area contributed by atoms with Gasteiger partial charge >= 0.3 is 0 Å². The van der Waals surface area contributed by atoms with Gasteiger partial charge in [0.1, 0.15) is 10.7 Å². The highest BCUT2D eigenvalue weighted by molar-refractivity contribution is 7.89. The van der Waals surface area contributed by atoms with Crippen LogP contribution in [0, 0.1) is 0 Å². The summed E-state index contributed by atoms with van der Waals surface area (Å²) in [5.74, 6) is 0.451. The normalized spacial score (nSPS) is 12.0. The van der Waals surface area contributed by atoms with E-state index in [0.717, 1.165) is 5.56 Å². The van der Waals surface area contributed by atoms with Crippen LogP contribution in [-0.4, -0.2) is 37.0 Å². The van der Waals surface area contributed by atoms with Gasteiger partial charge in [0.05, 0.1) is 6.21 Å². The molecule has 0 bridgehead atoms. The molecule has 0 aliphatic carbocycles. The van der Waals surface area contributed by atoms with Gasteiger partial charge < -0.3 is 0 Å². The second kappa shape index (κ2) is 8.23. The monoisotopic (exact) mass is 366 g/mol. The first-order valence-corrected chi connectivity index (χ1v) is 9.30. The van der Waals surface area contributed by atoms with Crippen molar-refractivity contribution in [3.63, 3.8) is 0 Å². The third-order valence-corrected chi connectivity index (χ3v) is 5.59. The van der Waals surface area contributed by atoms with E-state index in [-0.39, 0.29) is 4.90 Å². The number of rotatable bonds is 7. The molecule has 0 aliphatic heterocycles. The van der Waals surface area contributed by atoms with Gasteiger partial charge in [-0.05, 0) is 29.8 Å². The molecule has 0 saturated carbocycles. The van der Waals surface area contributed by atoms with Crippen LogP contribution in [0.5, 0.6) is 0 Å². The van der Waals surface area contributed by atoms with Crippen LogP contribution >= 0.6 is 11.6 Å². The van der Waals surface area contributed by atoms with Gasteiger partial charge in [-0.3, -0.25) is 5.43 Å². The second-order valence-electron chi connectivity index (χ2n) is 4.89. The summed E-state index contributed by atoms with van der Waals surface area (Å²) in [6, 6.07) is 10.3. The molecule has 24 heavy (non-hydrogen) atoms. The average molecular weight is 367 g/mol. The highest BCUT2D eigenvalue weighted by atomic mass is 35.5. The van der Waals surface area contributed by atoms with Gasteiger partial charge in [-0.1, -0.05) is 37.6 Å². The van der Waals surface area contributed by atoms with E-state index in [1.165, 1.54) is 16.6 Å². The van der Waals surface area contributed by atoms with Crippen molar-refractivity contribution in [2.75, 3.05) is 18.5 Å². The van der Waals surface area contributed by atoms with Crippen LogP contribution in [0.3, 0.4) is 0 Å². The van der Waals surface area contributed by atoms with E-state index >= 15 is 0 Å². The Morgan fingerprint density at radius 1 is 1.25 bits per heavy atom. The Balaban J connectivity index is 2.07. The first-order chi connectivity index (χ1) is 11.5. The molecule has 1 aromatic heterocycles. The lowest BCUT2D eigenvalue weighted by atomic mass is 10.2. The van der Waals surface area contributed by atoms with Crippen LogP contribution in [0.25, 0.3) is 0 Å². The largest absolute Gasteiger partial charge is 0.261 e. The van der Waals surface area contributed by atoms with E-state index in [1.54, 1.807) is 38.3 Å². The summed E-state index contributed by atoms with van der Waals surface area (Å²) in [4.78, 5) is 4.25. The van der Waals surface area contributed by atoms with Crippen LogP contribution in [-0.2, 0) is 10.0 Å². The van der Waals surface area contributed by atoms with Crippen LogP contribution in [0.2, 0.25) is 5.02 Å². The van der Waals surface area contributed by atoms with Crippen LogP contribution in [0.1, 0.15) is 19.4 Å². The maximum atomic E-state index is 12.4. The predicted octanol–water partition coefficient (Wildman–Crippen LogP) is 3.21. The maximum absolute atomic E-state index is 12.4. The second-order valence-corrected chi connectivity index (χ2v) is 7.27. The lowest BCUT2D eigenvalue weighted by Gasteiger charge is -2.18. The molecule has 0 amide bonds. The fourth-order valence-corrected chi connectivity index (χ4v) is 3.67. The van der Waals surface area contributed by atoms with Crippen molar-refractivity contribution in [1.29, 1.82) is 0 Å². The molecule has 0 unspecified atom stereocenters. The lowest BCUT2D eigenvalue weighted by Crippen LogP contribution is -2.30. The maximum Gasteiger partial charge on any atom is 0.244 e. The zero-order valence-electron chi connectivity index (χ0n) is 13.5. The molecule has 0 saturated heterocycles. The highest BCUT2D eigenvalue weighted by Crippen LogP contribution is 2.16. The number of hydrazone groups is 1. The molecule has 6 nitrogen and oxygen atoms in total. The zero-order chi connectivity index (χ0) is 17.6. The molecule has 0 aliphatic rings. The molecular weight excluding hydrogens is 348 g/mol. The summed E-state index contributed by atoms with van der Waals surface area (Å²) in [5.41, 5.74) is 3.60. The summed E-state index contributed by atoms with van der Waals surface area (Å²) in [5, 5.41) is 4.68. The molecule has 0 fully saturated rings. The first kappa shape index (κ1) is 18.4. The number of aromatic nitrogens is 1. The van der Waals surface area contributed by atoms with Crippen LogP contribution < -0.4 is 5.43 Å². The minimum Gasteiger partial charge on any atom is -0.261 e. The zero-order valence-corrected chi connectivity index (χ0v) is 15.0. The SMILES string of the molecule is CCN(CC)S(=O)(=O)c1ccc(N/N=C/c2cccc(Cl)c2)nc1. The van der Waals surface area contributed by atoms with Gasteiger partial charge in [-0.15, -0.1) is 0 Å². The molecule has 1 aromatic carbocycles. The van der Waals surface area contributed by atoms with E-state index < -0.39 is 10.0 Å². The summed E-state index contributed by atoms with van der Waals surface area (Å²) < 4.78 is 26.1. The number of nitrogens with one attached hydrogen (secondary N) is 1. The first-order valence-electron chi connectivity index (χ1n) is 7.48. The molecule has 0 atom stereocenters. The van der Waals surface area contributed by atoms with Gasteiger partial charge in [0.15, 0.2) is 0 Å². The number of nitrogens with zero attached hydrogens (tertiary/aromatic N) is 3. The standard InChI is InChI=1S/C16H19ClN4O2S/c1-3-21(4-2)24(22,23)15-8-9-16(18-12-15)20-19-11-13-6-5-7-14(17)10-13/h5-12H,3-4H2,1-2H3,(H,18,20)/b19-11+. The van der Waals surface area contributed by atoms with E-state index in [4.69, 9.17) is 11.6 Å². The smallest absolute Gasteiger partial charge is 0.244 e. The topological polar surface area (TPSA) is 74.7 Å². The van der Waals surface area contributed by atoms with Crippen LogP contribution in [0.15, 0.2) is 52.6 Å². The predicted molar refractivity (Wildman–Crippen MR) is 97.0 cm³/mol. The Hall–Kier alpha value is -1.96. The molecule has 2 aromatic rings. The van der Waals surface area contributed by atoms with Crippen molar-refractivity contribution in [2.24, 2.45) is 5.10 Å². The van der Waals surface area contributed by atoms with Crippen molar-refractivity contribution in [3.05, 3.63) is 53.2 Å². The molecule has 0 spiro atoms. The molecule has 128 valence electrons. The number of anilines is 1. The molecule has 0 radical (unpaired) electrons. The number of benzene rings is 1. The van der Waals surface area contributed by atoms with Crippen molar-refractivity contribution in [1.82, 2.24) is 9.29 Å². The van der Waals surface area contributed by atoms with Gasteiger partial charge in [0.25, 0.3) is 0 Å². The third kappa shape index (κ3) is 4.53. The van der Waals surface area contributed by atoms with E-state index in [2.05, 4.69) is 15.5 Å². The Labute approximate surface area is 147 Å². The van der Waals surface area contributed by atoms with Crippen molar-refractivity contribution in [2.45, 2.75) is 18.7 Å². The molecule has 8 heteroatoms. The summed E-state index contributed by atoms with van der Waals surface area (Å²) >= 11 is 5.90. The Kier molecular flexibility index (Phi) is 6.30. The Bertz CT molecular complexity index is 803. The van der Waals surface area contributed by atoms with Gasteiger partial charge in [0, 0.05) is 24.3 Å². The Morgan fingerprint density at radius 3 is 2.58 bits per heavy atom. The minimum atomic E-state index is -3.50. The van der Waals surface area contributed by atoms with Crippen molar-refractivity contribution < 1.29 is 8.42 Å². The van der Waals surface area contributed by atoms with E-state index in [0.29, 0.717) is 23.9 Å². The summed E-state index contributed by atoms with van der Waals surface area (Å²) in [6.45, 7) is 4.44. The van der Waals surface area contributed by atoms with Gasteiger partial charge in [-0.25, -0.2) is 13.4 Å². The lowest BCUT2D eigenvalue weighted by molar-refractivity contribution is 0.445. The fourth-order valence-electron chi connectivity index (χ4n) is 2.07. The number of hydrogen-bond acceptors (Lipinski definition) is 5. The number of hydrogen-bond donors (Lipinski definition) is 1. The highest BCUT2D eigenvalue weighted by Gasteiger charge is 2.21. The fraction of sp³-hybridized carbons (Fsp3) is 0.250. The van der Waals surface area contributed by atoms with Crippen LogP contribution in [0.4, 0.5) is 5.82 Å². The van der Waals surface area contributed by atoms with Gasteiger partial charge in [0.2, 0.25) is 10.0 Å². The quantitative estimate of drug-likeness (QED) is 0.603. The Morgan fingerprint density at radius 2 is 2.00 bits per heavy atom. The van der Waals surface area contributed by atoms with E-state index in [1.807, 2.05) is 12.1 Å². The van der Waals surface area contributed by atoms with Gasteiger partial charge in [-0.2, -0.15) is 9.41 Å². The van der Waals surface area contributed by atoms with Crippen molar-refractivity contribution >= 4 is 33.7 Å². The molecule has 1 N–H and O–H groups in total. The number of sulfonamides is 1. The summed E-state index contributed by atoms with van der Waals surface area (Å²) in [7, 11) is -3.50. The average Bonchev–Trinajstić information content (AvgIpc) is 2.56. The van der Waals surface area contributed by atoms with E-state index in [9.17, 15) is 8.42 Å². The molecule has 2 rings (SSSR count). The number of pyridine rings is 1. The molecule has 1 heterocycles. The van der Waals surface area contributed by atoms with Crippen molar-refractivity contribution in [3.8, 4) is 0 Å². The number of halogens is 1. The summed E-state index contributed by atoms with van der Waals surface area (Å²) in [6.07, 6.45) is 2.93. The minimum absolute atomic E-state index is 0.163. The molecular formula is C16H19ClN4O2S. The third-order valence-electron chi connectivity index (χ3n) is 3.32.